The summed E-state index contributed by atoms with van der Waals surface area (Å²) >= 11 is 0. The van der Waals surface area contributed by atoms with Crippen LogP contribution in [0, 0.1) is 5.92 Å². The molecule has 37 heavy (non-hydrogen) atoms. The van der Waals surface area contributed by atoms with E-state index in [9.17, 15) is 29.4 Å². The lowest BCUT2D eigenvalue weighted by Crippen LogP contribution is -2.59. The normalized spacial score (nSPS) is 14.9. The lowest BCUT2D eigenvalue weighted by atomic mass is 9.96. The van der Waals surface area contributed by atoms with E-state index in [1.807, 2.05) is 13.0 Å². The number of benzene rings is 2. The summed E-state index contributed by atoms with van der Waals surface area (Å²) in [4.78, 5) is 50.7. The standard InChI is InChI=1S/C27H36N4O6/c1-4-16(2)23(26(35)30-22(27(36)37)15-18-8-6-5-7-9-18)31-25(34)21(29-24(33)17(3)28)14-19-10-12-20(32)13-11-19/h5-13,16-17,21-23,32H,4,14-15,28H2,1-3H3,(H,29,33)(H,30,35)(H,31,34)(H,36,37)/t16-,17-,21-,22-,23-/m0/s1. The van der Waals surface area contributed by atoms with E-state index in [0.717, 1.165) is 5.56 Å². The van der Waals surface area contributed by atoms with Crippen LogP contribution in [0.4, 0.5) is 0 Å². The number of hydrogen-bond acceptors (Lipinski definition) is 6. The van der Waals surface area contributed by atoms with Crippen molar-refractivity contribution in [3.8, 4) is 5.75 Å². The number of nitrogens with one attached hydrogen (secondary N) is 3. The molecule has 5 atom stereocenters. The molecular weight excluding hydrogens is 476 g/mol. The Morgan fingerprint density at radius 1 is 0.784 bits per heavy atom. The van der Waals surface area contributed by atoms with Crippen LogP contribution in [0.25, 0.3) is 0 Å². The van der Waals surface area contributed by atoms with Gasteiger partial charge in [-0.2, -0.15) is 0 Å². The molecule has 0 aromatic heterocycles. The summed E-state index contributed by atoms with van der Waals surface area (Å²) in [5, 5.41) is 27.1. The highest BCUT2D eigenvalue weighted by Gasteiger charge is 2.32. The molecular formula is C27H36N4O6. The van der Waals surface area contributed by atoms with Crippen LogP contribution in [0.15, 0.2) is 54.6 Å². The predicted octanol–water partition coefficient (Wildman–Crippen LogP) is 1.11. The number of aromatic hydroxyl groups is 1. The fourth-order valence-corrected chi connectivity index (χ4v) is 3.65. The van der Waals surface area contributed by atoms with E-state index in [-0.39, 0.29) is 24.5 Å². The maximum atomic E-state index is 13.3. The van der Waals surface area contributed by atoms with Crippen LogP contribution in [-0.4, -0.2) is 58.1 Å². The number of rotatable bonds is 13. The van der Waals surface area contributed by atoms with Crippen molar-refractivity contribution in [2.45, 2.75) is 64.2 Å². The van der Waals surface area contributed by atoms with Gasteiger partial charge in [0, 0.05) is 12.8 Å². The average molecular weight is 513 g/mol. The molecule has 0 spiro atoms. The lowest BCUT2D eigenvalue weighted by molar-refractivity contribution is -0.142. The van der Waals surface area contributed by atoms with Gasteiger partial charge in [0.2, 0.25) is 17.7 Å². The van der Waals surface area contributed by atoms with Gasteiger partial charge >= 0.3 is 5.97 Å². The highest BCUT2D eigenvalue weighted by atomic mass is 16.4. The van der Waals surface area contributed by atoms with Crippen molar-refractivity contribution in [1.82, 2.24) is 16.0 Å². The predicted molar refractivity (Wildman–Crippen MR) is 138 cm³/mol. The molecule has 0 aliphatic carbocycles. The van der Waals surface area contributed by atoms with Crippen LogP contribution in [0.1, 0.15) is 38.3 Å². The molecule has 2 rings (SSSR count). The van der Waals surface area contributed by atoms with Crippen molar-refractivity contribution in [3.05, 3.63) is 65.7 Å². The number of hydrogen-bond donors (Lipinski definition) is 6. The molecule has 0 fully saturated rings. The third kappa shape index (κ3) is 9.23. The van der Waals surface area contributed by atoms with E-state index in [0.29, 0.717) is 12.0 Å². The molecule has 0 aliphatic heterocycles. The highest BCUT2D eigenvalue weighted by molar-refractivity contribution is 5.94. The number of phenolic OH excluding ortho intramolecular Hbond substituents is 1. The van der Waals surface area contributed by atoms with Gasteiger partial charge in [-0.1, -0.05) is 62.7 Å². The summed E-state index contributed by atoms with van der Waals surface area (Å²) in [5.74, 6) is -3.25. The van der Waals surface area contributed by atoms with Gasteiger partial charge in [0.25, 0.3) is 0 Å². The first-order valence-electron chi connectivity index (χ1n) is 12.2. The molecule has 10 heteroatoms. The first kappa shape index (κ1) is 29.3. The fourth-order valence-electron chi connectivity index (χ4n) is 3.65. The number of carboxylic acids is 1. The van der Waals surface area contributed by atoms with Crippen LogP contribution in [-0.2, 0) is 32.0 Å². The largest absolute Gasteiger partial charge is 0.508 e. The van der Waals surface area contributed by atoms with Crippen molar-refractivity contribution in [2.24, 2.45) is 11.7 Å². The van der Waals surface area contributed by atoms with E-state index in [2.05, 4.69) is 16.0 Å². The number of aliphatic carboxylic acids is 1. The Kier molecular flexibility index (Phi) is 11.1. The van der Waals surface area contributed by atoms with E-state index in [4.69, 9.17) is 5.73 Å². The van der Waals surface area contributed by atoms with E-state index < -0.39 is 47.9 Å². The zero-order valence-electron chi connectivity index (χ0n) is 21.3. The second kappa shape index (κ2) is 14.0. The zero-order valence-corrected chi connectivity index (χ0v) is 21.3. The van der Waals surface area contributed by atoms with Crippen LogP contribution >= 0.6 is 0 Å². The molecule has 2 aromatic carbocycles. The van der Waals surface area contributed by atoms with Crippen molar-refractivity contribution in [3.63, 3.8) is 0 Å². The summed E-state index contributed by atoms with van der Waals surface area (Å²) in [6.07, 6.45) is 0.700. The van der Waals surface area contributed by atoms with Gasteiger partial charge in [-0.15, -0.1) is 0 Å². The highest BCUT2D eigenvalue weighted by Crippen LogP contribution is 2.14. The molecule has 0 aliphatic rings. The molecule has 0 heterocycles. The first-order valence-corrected chi connectivity index (χ1v) is 12.2. The van der Waals surface area contributed by atoms with Gasteiger partial charge in [0.1, 0.15) is 23.9 Å². The molecule has 200 valence electrons. The van der Waals surface area contributed by atoms with Crippen LogP contribution in [0.3, 0.4) is 0 Å². The minimum Gasteiger partial charge on any atom is -0.508 e. The second-order valence-corrected chi connectivity index (χ2v) is 9.18. The van der Waals surface area contributed by atoms with Crippen molar-refractivity contribution in [2.75, 3.05) is 0 Å². The zero-order chi connectivity index (χ0) is 27.5. The average Bonchev–Trinajstić information content (AvgIpc) is 2.87. The molecule has 0 bridgehead atoms. The van der Waals surface area contributed by atoms with Gasteiger partial charge in [-0.3, -0.25) is 14.4 Å². The summed E-state index contributed by atoms with van der Waals surface area (Å²) in [6.45, 7) is 5.10. The van der Waals surface area contributed by atoms with Gasteiger partial charge in [0.15, 0.2) is 0 Å². The molecule has 2 aromatic rings. The van der Waals surface area contributed by atoms with Crippen molar-refractivity contribution < 1.29 is 29.4 Å². The molecule has 0 saturated carbocycles. The van der Waals surface area contributed by atoms with Crippen molar-refractivity contribution >= 4 is 23.7 Å². The summed E-state index contributed by atoms with van der Waals surface area (Å²) in [7, 11) is 0. The van der Waals surface area contributed by atoms with E-state index in [1.54, 1.807) is 43.3 Å². The second-order valence-electron chi connectivity index (χ2n) is 9.18. The number of nitrogens with two attached hydrogens (primary N) is 1. The third-order valence-corrected chi connectivity index (χ3v) is 6.11. The van der Waals surface area contributed by atoms with Crippen LogP contribution in [0.2, 0.25) is 0 Å². The van der Waals surface area contributed by atoms with E-state index in [1.165, 1.54) is 19.1 Å². The molecule has 7 N–H and O–H groups in total. The number of phenols is 1. The molecule has 10 nitrogen and oxygen atoms in total. The summed E-state index contributed by atoms with van der Waals surface area (Å²) in [6, 6.07) is 10.9. The molecule has 3 amide bonds. The maximum absolute atomic E-state index is 13.3. The number of carbonyl (C=O) groups is 4. The Morgan fingerprint density at radius 3 is 1.86 bits per heavy atom. The van der Waals surface area contributed by atoms with Crippen molar-refractivity contribution in [1.29, 1.82) is 0 Å². The topological polar surface area (TPSA) is 171 Å². The minimum atomic E-state index is -1.19. The van der Waals surface area contributed by atoms with Gasteiger partial charge < -0.3 is 31.9 Å². The SMILES string of the molecule is CC[C@H](C)[C@H](NC(=O)[C@H](Cc1ccc(O)cc1)NC(=O)[C@H](C)N)C(=O)N[C@@H](Cc1ccccc1)C(=O)O. The maximum Gasteiger partial charge on any atom is 0.326 e. The first-order chi connectivity index (χ1) is 17.5. The molecule has 0 saturated heterocycles. The quantitative estimate of drug-likeness (QED) is 0.233. The van der Waals surface area contributed by atoms with Gasteiger partial charge in [-0.05, 0) is 36.1 Å². The Hall–Kier alpha value is -3.92. The monoisotopic (exact) mass is 512 g/mol. The Bertz CT molecular complexity index is 1060. The summed E-state index contributed by atoms with van der Waals surface area (Å²) < 4.78 is 0. The number of carbonyl (C=O) groups excluding carboxylic acids is 3. The van der Waals surface area contributed by atoms with Gasteiger partial charge in [-0.25, -0.2) is 4.79 Å². The lowest BCUT2D eigenvalue weighted by Gasteiger charge is -2.28. The van der Waals surface area contributed by atoms with E-state index >= 15 is 0 Å². The number of carboxylic acid groups (broad SMARTS) is 1. The van der Waals surface area contributed by atoms with Crippen LogP contribution in [0.5, 0.6) is 5.75 Å². The smallest absolute Gasteiger partial charge is 0.326 e. The number of amides is 3. The fraction of sp³-hybridized carbons (Fsp3) is 0.407. The minimum absolute atomic E-state index is 0.0568. The Balaban J connectivity index is 2.22. The Labute approximate surface area is 216 Å². The van der Waals surface area contributed by atoms with Gasteiger partial charge in [0.05, 0.1) is 6.04 Å². The Morgan fingerprint density at radius 2 is 1.32 bits per heavy atom. The summed E-state index contributed by atoms with van der Waals surface area (Å²) in [5.41, 5.74) is 7.08. The third-order valence-electron chi connectivity index (χ3n) is 6.11. The molecule has 0 radical (unpaired) electrons. The molecule has 0 unspecified atom stereocenters. The van der Waals surface area contributed by atoms with Crippen LogP contribution < -0.4 is 21.7 Å².